The Hall–Kier alpha value is -1.82. The minimum atomic E-state index is -0.931. The van der Waals surface area contributed by atoms with Gasteiger partial charge in [0, 0.05) is 42.1 Å². The van der Waals surface area contributed by atoms with Crippen LogP contribution >= 0.6 is 0 Å². The van der Waals surface area contributed by atoms with E-state index < -0.39 is 27.8 Å². The van der Waals surface area contributed by atoms with Crippen LogP contribution in [0.2, 0.25) is 0 Å². The van der Waals surface area contributed by atoms with Gasteiger partial charge >= 0.3 is 5.97 Å². The molecule has 4 aliphatic carbocycles. The summed E-state index contributed by atoms with van der Waals surface area (Å²) in [6, 6.07) is 0. The first-order valence-corrected chi connectivity index (χ1v) is 12.8. The highest BCUT2D eigenvalue weighted by Gasteiger charge is 2.70. The van der Waals surface area contributed by atoms with Crippen molar-refractivity contribution in [1.82, 2.24) is 0 Å². The SMILES string of the molecule is COC(=O)CCC(C)C1CC(=O)C2(C)C3=C(C(=O)CC12C)C1(C)CCC(=O)C(C)(C)C1CC3O. The van der Waals surface area contributed by atoms with Gasteiger partial charge in [0.25, 0.3) is 0 Å². The lowest BCUT2D eigenvalue weighted by Gasteiger charge is -2.60. The fraction of sp³-hybridized carbons (Fsp3) is 0.786. The Morgan fingerprint density at radius 3 is 2.38 bits per heavy atom. The zero-order valence-corrected chi connectivity index (χ0v) is 21.7. The second kappa shape index (κ2) is 7.84. The number of Topliss-reactive ketones (excluding diaryl/α,β-unsaturated/α-hetero) is 3. The van der Waals surface area contributed by atoms with Crippen molar-refractivity contribution in [2.24, 2.45) is 39.4 Å². The number of methoxy groups -OCH3 is 1. The van der Waals surface area contributed by atoms with E-state index in [9.17, 15) is 24.3 Å². The molecule has 0 saturated heterocycles. The molecule has 4 rings (SSSR count). The van der Waals surface area contributed by atoms with Crippen LogP contribution in [0.4, 0.5) is 0 Å². The number of hydrogen-bond acceptors (Lipinski definition) is 6. The molecule has 2 saturated carbocycles. The van der Waals surface area contributed by atoms with Crippen molar-refractivity contribution in [3.8, 4) is 0 Å². The number of fused-ring (bicyclic) bond motifs is 4. The van der Waals surface area contributed by atoms with Crippen molar-refractivity contribution in [1.29, 1.82) is 0 Å². The number of carbonyl (C=O) groups excluding carboxylic acids is 4. The second-order valence-corrected chi connectivity index (χ2v) is 12.6. The molecule has 2 fully saturated rings. The molecule has 0 radical (unpaired) electrons. The third-order valence-corrected chi connectivity index (χ3v) is 10.9. The zero-order chi connectivity index (χ0) is 25.4. The number of hydrogen-bond donors (Lipinski definition) is 1. The Kier molecular flexibility index (Phi) is 5.83. The van der Waals surface area contributed by atoms with Crippen LogP contribution in [-0.4, -0.2) is 41.6 Å². The van der Waals surface area contributed by atoms with E-state index >= 15 is 0 Å². The van der Waals surface area contributed by atoms with Crippen LogP contribution in [0.1, 0.15) is 86.5 Å². The molecular formula is C28H40O6. The summed E-state index contributed by atoms with van der Waals surface area (Å²) in [5.41, 5.74) is -1.45. The summed E-state index contributed by atoms with van der Waals surface area (Å²) in [5.74, 6) is -0.136. The van der Waals surface area contributed by atoms with Crippen LogP contribution in [0.5, 0.6) is 0 Å². The normalized spacial score (nSPS) is 42.1. The zero-order valence-electron chi connectivity index (χ0n) is 21.7. The monoisotopic (exact) mass is 472 g/mol. The summed E-state index contributed by atoms with van der Waals surface area (Å²) in [4.78, 5) is 52.3. The molecule has 0 amide bonds. The first-order chi connectivity index (χ1) is 15.7. The fourth-order valence-electron chi connectivity index (χ4n) is 8.57. The van der Waals surface area contributed by atoms with E-state index in [2.05, 4.69) is 13.8 Å². The van der Waals surface area contributed by atoms with Gasteiger partial charge in [-0.15, -0.1) is 0 Å². The molecule has 1 N–H and O–H groups in total. The molecule has 7 atom stereocenters. The summed E-state index contributed by atoms with van der Waals surface area (Å²) in [5, 5.41) is 11.5. The standard InChI is InChI=1S/C28H40O6/c1-15(8-9-22(33)34-7)16-12-21(32)28(6)24-17(29)13-19-25(2,3)20(31)10-11-26(19,4)23(24)18(30)14-27(16,28)5/h15-17,19,29H,8-14H2,1-7H3. The van der Waals surface area contributed by atoms with Gasteiger partial charge in [0.1, 0.15) is 11.6 Å². The molecule has 6 heteroatoms. The smallest absolute Gasteiger partial charge is 0.305 e. The van der Waals surface area contributed by atoms with E-state index in [-0.39, 0.29) is 53.9 Å². The molecule has 7 unspecified atom stereocenters. The van der Waals surface area contributed by atoms with Crippen molar-refractivity contribution >= 4 is 23.3 Å². The summed E-state index contributed by atoms with van der Waals surface area (Å²) in [7, 11) is 1.37. The van der Waals surface area contributed by atoms with E-state index in [0.717, 1.165) is 0 Å². The third kappa shape index (κ3) is 3.09. The molecular weight excluding hydrogens is 432 g/mol. The van der Waals surface area contributed by atoms with Crippen LogP contribution in [0.3, 0.4) is 0 Å². The minimum Gasteiger partial charge on any atom is -0.469 e. The summed E-state index contributed by atoms with van der Waals surface area (Å²) >= 11 is 0. The van der Waals surface area contributed by atoms with Crippen molar-refractivity contribution in [2.45, 2.75) is 92.6 Å². The molecule has 4 aliphatic rings. The van der Waals surface area contributed by atoms with Crippen LogP contribution in [0, 0.1) is 39.4 Å². The lowest BCUT2D eigenvalue weighted by atomic mass is 9.42. The molecule has 34 heavy (non-hydrogen) atoms. The van der Waals surface area contributed by atoms with E-state index in [1.165, 1.54) is 7.11 Å². The van der Waals surface area contributed by atoms with Crippen molar-refractivity contribution in [3.63, 3.8) is 0 Å². The third-order valence-electron chi connectivity index (χ3n) is 10.9. The van der Waals surface area contributed by atoms with Crippen molar-refractivity contribution < 1.29 is 29.0 Å². The number of rotatable bonds is 4. The quantitative estimate of drug-likeness (QED) is 0.615. The molecule has 188 valence electrons. The van der Waals surface area contributed by atoms with Crippen LogP contribution in [0.15, 0.2) is 11.1 Å². The van der Waals surface area contributed by atoms with Gasteiger partial charge in [-0.1, -0.05) is 34.6 Å². The van der Waals surface area contributed by atoms with Gasteiger partial charge in [0.15, 0.2) is 5.78 Å². The number of esters is 1. The predicted molar refractivity (Wildman–Crippen MR) is 127 cm³/mol. The molecule has 0 spiro atoms. The van der Waals surface area contributed by atoms with Crippen molar-refractivity contribution in [2.75, 3.05) is 7.11 Å². The van der Waals surface area contributed by atoms with Gasteiger partial charge in [-0.05, 0) is 54.9 Å². The number of ether oxygens (including phenoxy) is 1. The Bertz CT molecular complexity index is 991. The van der Waals surface area contributed by atoms with Crippen LogP contribution in [0.25, 0.3) is 0 Å². The summed E-state index contributed by atoms with van der Waals surface area (Å²) < 4.78 is 4.80. The lowest BCUT2D eigenvalue weighted by molar-refractivity contribution is -0.147. The van der Waals surface area contributed by atoms with Crippen molar-refractivity contribution in [3.05, 3.63) is 11.1 Å². The lowest BCUT2D eigenvalue weighted by Crippen LogP contribution is -2.60. The molecule has 0 bridgehead atoms. The highest BCUT2D eigenvalue weighted by Crippen LogP contribution is 2.70. The fourth-order valence-corrected chi connectivity index (χ4v) is 8.57. The summed E-state index contributed by atoms with van der Waals surface area (Å²) in [6.07, 6.45) is 1.94. The van der Waals surface area contributed by atoms with E-state index in [0.29, 0.717) is 43.3 Å². The van der Waals surface area contributed by atoms with Crippen LogP contribution in [-0.2, 0) is 23.9 Å². The maximum Gasteiger partial charge on any atom is 0.305 e. The van der Waals surface area contributed by atoms with Gasteiger partial charge in [-0.3, -0.25) is 19.2 Å². The Labute approximate surface area is 202 Å². The average molecular weight is 473 g/mol. The number of aliphatic hydroxyl groups excluding tert-OH is 1. The molecule has 0 aliphatic heterocycles. The molecule has 0 aromatic heterocycles. The van der Waals surface area contributed by atoms with Gasteiger partial charge in [-0.25, -0.2) is 0 Å². The number of carbonyl (C=O) groups is 4. The maximum absolute atomic E-state index is 14.0. The number of allylic oxidation sites excluding steroid dienone is 1. The molecule has 6 nitrogen and oxygen atoms in total. The average Bonchev–Trinajstić information content (AvgIpc) is 2.97. The Balaban J connectivity index is 1.82. The predicted octanol–water partition coefficient (Wildman–Crippen LogP) is 4.22. The highest BCUT2D eigenvalue weighted by atomic mass is 16.5. The second-order valence-electron chi connectivity index (χ2n) is 12.6. The van der Waals surface area contributed by atoms with E-state index in [4.69, 9.17) is 4.74 Å². The maximum atomic E-state index is 14.0. The Morgan fingerprint density at radius 1 is 1.12 bits per heavy atom. The number of aliphatic hydroxyl groups is 1. The molecule has 0 heterocycles. The number of ketones is 3. The first-order valence-electron chi connectivity index (χ1n) is 12.8. The van der Waals surface area contributed by atoms with Gasteiger partial charge < -0.3 is 9.84 Å². The summed E-state index contributed by atoms with van der Waals surface area (Å²) in [6.45, 7) is 12.0. The minimum absolute atomic E-state index is 0.0197. The first kappa shape index (κ1) is 25.3. The largest absolute Gasteiger partial charge is 0.469 e. The van der Waals surface area contributed by atoms with Gasteiger partial charge in [0.05, 0.1) is 18.6 Å². The molecule has 0 aromatic rings. The van der Waals surface area contributed by atoms with Gasteiger partial charge in [-0.2, -0.15) is 0 Å². The van der Waals surface area contributed by atoms with E-state index in [1.54, 1.807) is 0 Å². The molecule has 0 aromatic carbocycles. The van der Waals surface area contributed by atoms with Gasteiger partial charge in [0.2, 0.25) is 0 Å². The Morgan fingerprint density at radius 2 is 1.76 bits per heavy atom. The topological polar surface area (TPSA) is 97.7 Å². The van der Waals surface area contributed by atoms with E-state index in [1.807, 2.05) is 27.7 Å². The highest BCUT2D eigenvalue weighted by molar-refractivity contribution is 6.05. The van der Waals surface area contributed by atoms with Crippen LogP contribution < -0.4 is 0 Å².